The van der Waals surface area contributed by atoms with Gasteiger partial charge in [0, 0.05) is 6.54 Å². The van der Waals surface area contributed by atoms with Gasteiger partial charge in [-0.25, -0.2) is 4.39 Å². The average Bonchev–Trinajstić information content (AvgIpc) is 2.23. The highest BCUT2D eigenvalue weighted by Crippen LogP contribution is 2.34. The Bertz CT molecular complexity index is 417. The monoisotopic (exact) mass is 209 g/mol. The Balaban J connectivity index is 2.54. The van der Waals surface area contributed by atoms with Crippen LogP contribution < -0.4 is 5.32 Å². The lowest BCUT2D eigenvalue weighted by Gasteiger charge is -2.24. The van der Waals surface area contributed by atoms with Gasteiger partial charge in [-0.3, -0.25) is 4.79 Å². The zero-order valence-electron chi connectivity index (χ0n) is 8.38. The lowest BCUT2D eigenvalue weighted by atomic mass is 9.90. The summed E-state index contributed by atoms with van der Waals surface area (Å²) >= 11 is 0. The summed E-state index contributed by atoms with van der Waals surface area (Å²) in [4.78, 5) is 11.0. The fraction of sp³-hybridized carbons (Fsp3) is 0.364. The van der Waals surface area contributed by atoms with Crippen molar-refractivity contribution in [3.05, 3.63) is 29.1 Å². The first-order valence-electron chi connectivity index (χ1n) is 4.87. The van der Waals surface area contributed by atoms with E-state index in [1.54, 1.807) is 19.1 Å². The van der Waals surface area contributed by atoms with Crippen LogP contribution in [0.4, 0.5) is 10.1 Å². The molecule has 1 aliphatic rings. The van der Waals surface area contributed by atoms with Gasteiger partial charge in [0.1, 0.15) is 5.82 Å². The second-order valence-electron chi connectivity index (χ2n) is 3.77. The third kappa shape index (κ3) is 1.56. The predicted molar refractivity (Wildman–Crippen MR) is 54.6 cm³/mol. The number of rotatable bonds is 1. The van der Waals surface area contributed by atoms with Crippen molar-refractivity contribution < 1.29 is 14.3 Å². The molecular weight excluding hydrogens is 197 g/mol. The van der Waals surface area contributed by atoms with Crippen molar-refractivity contribution in [2.45, 2.75) is 19.3 Å². The zero-order valence-corrected chi connectivity index (χ0v) is 8.38. The minimum Gasteiger partial charge on any atom is -0.481 e. The minimum atomic E-state index is -0.888. The van der Waals surface area contributed by atoms with E-state index in [0.29, 0.717) is 29.8 Å². The number of nitrogens with one attached hydrogen (secondary N) is 1. The fourth-order valence-electron chi connectivity index (χ4n) is 1.92. The number of carboxylic acid groups (broad SMARTS) is 1. The molecule has 3 nitrogen and oxygen atoms in total. The largest absolute Gasteiger partial charge is 0.481 e. The van der Waals surface area contributed by atoms with E-state index in [-0.39, 0.29) is 5.82 Å². The number of aryl methyl sites for hydroxylation is 1. The summed E-state index contributed by atoms with van der Waals surface area (Å²) in [7, 11) is 0. The van der Waals surface area contributed by atoms with Gasteiger partial charge in [0.25, 0.3) is 0 Å². The first-order valence-corrected chi connectivity index (χ1v) is 4.87. The number of carbonyl (C=O) groups is 1. The zero-order chi connectivity index (χ0) is 11.0. The van der Waals surface area contributed by atoms with Crippen LogP contribution in [0, 0.1) is 12.7 Å². The minimum absolute atomic E-state index is 0.335. The fourth-order valence-corrected chi connectivity index (χ4v) is 1.92. The maximum absolute atomic E-state index is 13.7. The van der Waals surface area contributed by atoms with Gasteiger partial charge < -0.3 is 10.4 Å². The summed E-state index contributed by atoms with van der Waals surface area (Å²) in [6.45, 7) is 2.17. The maximum atomic E-state index is 13.7. The van der Waals surface area contributed by atoms with E-state index in [9.17, 15) is 9.18 Å². The highest BCUT2D eigenvalue weighted by Gasteiger charge is 2.28. The SMILES string of the molecule is Cc1ccc2c(c1F)NCCC2C(=O)O. The van der Waals surface area contributed by atoms with Crippen LogP contribution in [0.15, 0.2) is 12.1 Å². The second kappa shape index (κ2) is 3.53. The molecule has 0 radical (unpaired) electrons. The molecule has 0 fully saturated rings. The molecule has 15 heavy (non-hydrogen) atoms. The molecule has 80 valence electrons. The van der Waals surface area contributed by atoms with Gasteiger partial charge in [0.05, 0.1) is 11.6 Å². The Morgan fingerprint density at radius 2 is 2.33 bits per heavy atom. The average molecular weight is 209 g/mol. The number of hydrogen-bond acceptors (Lipinski definition) is 2. The quantitative estimate of drug-likeness (QED) is 0.744. The van der Waals surface area contributed by atoms with E-state index < -0.39 is 11.9 Å². The Morgan fingerprint density at radius 1 is 1.60 bits per heavy atom. The van der Waals surface area contributed by atoms with Crippen molar-refractivity contribution in [1.29, 1.82) is 0 Å². The van der Waals surface area contributed by atoms with Crippen LogP contribution in [0.1, 0.15) is 23.5 Å². The standard InChI is InChI=1S/C11H12FNO2/c1-6-2-3-7-8(11(14)15)4-5-13-10(7)9(6)12/h2-3,8,13H,4-5H2,1H3,(H,14,15). The van der Waals surface area contributed by atoms with Crippen LogP contribution in [0.2, 0.25) is 0 Å². The Hall–Kier alpha value is -1.58. The van der Waals surface area contributed by atoms with Crippen LogP contribution in [-0.4, -0.2) is 17.6 Å². The molecule has 1 aromatic carbocycles. The molecule has 2 N–H and O–H groups in total. The summed E-state index contributed by atoms with van der Waals surface area (Å²) in [6, 6.07) is 3.32. The lowest BCUT2D eigenvalue weighted by Crippen LogP contribution is -2.23. The molecule has 1 atom stereocenters. The van der Waals surface area contributed by atoms with Crippen molar-refractivity contribution in [2.75, 3.05) is 11.9 Å². The van der Waals surface area contributed by atoms with Crippen LogP contribution in [0.3, 0.4) is 0 Å². The normalized spacial score (nSPS) is 19.2. The number of fused-ring (bicyclic) bond motifs is 1. The molecule has 1 heterocycles. The summed E-state index contributed by atoms with van der Waals surface area (Å²) in [5, 5.41) is 11.9. The molecule has 0 amide bonds. The summed E-state index contributed by atoms with van der Waals surface area (Å²) in [5.41, 5.74) is 1.44. The van der Waals surface area contributed by atoms with Gasteiger partial charge in [-0.1, -0.05) is 12.1 Å². The molecular formula is C11H12FNO2. The molecule has 4 heteroatoms. The van der Waals surface area contributed by atoms with Gasteiger partial charge in [-0.2, -0.15) is 0 Å². The van der Waals surface area contributed by atoms with Crippen molar-refractivity contribution >= 4 is 11.7 Å². The third-order valence-corrected chi connectivity index (χ3v) is 2.78. The van der Waals surface area contributed by atoms with Gasteiger partial charge in [0.15, 0.2) is 0 Å². The van der Waals surface area contributed by atoms with Gasteiger partial charge >= 0.3 is 5.97 Å². The summed E-state index contributed by atoms with van der Waals surface area (Å²) < 4.78 is 13.7. The van der Waals surface area contributed by atoms with Crippen LogP contribution in [0.5, 0.6) is 0 Å². The number of hydrogen-bond donors (Lipinski definition) is 2. The first-order chi connectivity index (χ1) is 7.11. The summed E-state index contributed by atoms with van der Waals surface area (Å²) in [6.07, 6.45) is 0.505. The molecule has 1 aliphatic heterocycles. The number of carboxylic acids is 1. The first kappa shape index (κ1) is 9.96. The lowest BCUT2D eigenvalue weighted by molar-refractivity contribution is -0.138. The van der Waals surface area contributed by atoms with E-state index in [4.69, 9.17) is 5.11 Å². The summed E-state index contributed by atoms with van der Waals surface area (Å²) in [5.74, 6) is -1.81. The third-order valence-electron chi connectivity index (χ3n) is 2.78. The smallest absolute Gasteiger partial charge is 0.311 e. The van der Waals surface area contributed by atoms with E-state index >= 15 is 0 Å². The molecule has 2 rings (SSSR count). The topological polar surface area (TPSA) is 49.3 Å². The van der Waals surface area contributed by atoms with E-state index in [1.807, 2.05) is 0 Å². The molecule has 0 aromatic heterocycles. The molecule has 0 spiro atoms. The molecule has 0 saturated carbocycles. The number of benzene rings is 1. The van der Waals surface area contributed by atoms with Crippen molar-refractivity contribution in [1.82, 2.24) is 0 Å². The highest BCUT2D eigenvalue weighted by atomic mass is 19.1. The Kier molecular flexibility index (Phi) is 2.34. The van der Waals surface area contributed by atoms with Gasteiger partial charge in [-0.05, 0) is 24.5 Å². The second-order valence-corrected chi connectivity index (χ2v) is 3.77. The van der Waals surface area contributed by atoms with Crippen molar-refractivity contribution in [2.24, 2.45) is 0 Å². The van der Waals surface area contributed by atoms with E-state index in [2.05, 4.69) is 5.32 Å². The molecule has 1 unspecified atom stereocenters. The highest BCUT2D eigenvalue weighted by molar-refractivity contribution is 5.80. The predicted octanol–water partition coefficient (Wildman–Crippen LogP) is 2.12. The number of halogens is 1. The molecule has 0 aliphatic carbocycles. The van der Waals surface area contributed by atoms with E-state index in [0.717, 1.165) is 0 Å². The van der Waals surface area contributed by atoms with Crippen molar-refractivity contribution in [3.63, 3.8) is 0 Å². The van der Waals surface area contributed by atoms with E-state index in [1.165, 1.54) is 0 Å². The van der Waals surface area contributed by atoms with Gasteiger partial charge in [-0.15, -0.1) is 0 Å². The van der Waals surface area contributed by atoms with Crippen molar-refractivity contribution in [3.8, 4) is 0 Å². The molecule has 0 bridgehead atoms. The maximum Gasteiger partial charge on any atom is 0.311 e. The Morgan fingerprint density at radius 3 is 3.00 bits per heavy atom. The number of aliphatic carboxylic acids is 1. The van der Waals surface area contributed by atoms with Crippen LogP contribution in [0.25, 0.3) is 0 Å². The van der Waals surface area contributed by atoms with Gasteiger partial charge in [0.2, 0.25) is 0 Å². The molecule has 0 saturated heterocycles. The van der Waals surface area contributed by atoms with Crippen LogP contribution in [-0.2, 0) is 4.79 Å². The van der Waals surface area contributed by atoms with Crippen LogP contribution >= 0.6 is 0 Å². The molecule has 1 aromatic rings. The Labute approximate surface area is 86.9 Å². The number of anilines is 1.